The van der Waals surface area contributed by atoms with Gasteiger partial charge in [-0.2, -0.15) is 24.9 Å². The van der Waals surface area contributed by atoms with E-state index in [0.29, 0.717) is 130 Å². The summed E-state index contributed by atoms with van der Waals surface area (Å²) in [5, 5.41) is 24.3. The number of aromatic nitrogens is 17. The van der Waals surface area contributed by atoms with E-state index >= 15 is 0 Å². The third-order valence-electron chi connectivity index (χ3n) is 16.2. The number of methoxy groups -OCH3 is 4. The quantitative estimate of drug-likeness (QED) is 0.0594. The van der Waals surface area contributed by atoms with Crippen LogP contribution in [0.3, 0.4) is 0 Å². The van der Waals surface area contributed by atoms with Crippen molar-refractivity contribution in [3.05, 3.63) is 139 Å². The Morgan fingerprint density at radius 1 is 0.369 bits per heavy atom. The van der Waals surface area contributed by atoms with Crippen LogP contribution in [-0.2, 0) is 40.1 Å². The van der Waals surface area contributed by atoms with Gasteiger partial charge < -0.3 is 18.9 Å². The molecule has 0 aliphatic heterocycles. The van der Waals surface area contributed by atoms with Crippen molar-refractivity contribution in [2.45, 2.75) is 79.3 Å². The van der Waals surface area contributed by atoms with E-state index < -0.39 is 40.1 Å². The lowest BCUT2D eigenvalue weighted by atomic mass is 10.2. The van der Waals surface area contributed by atoms with Crippen LogP contribution >= 0.6 is 0 Å². The summed E-state index contributed by atoms with van der Waals surface area (Å²) in [7, 11) is -7.98. The van der Waals surface area contributed by atoms with Crippen molar-refractivity contribution in [2.75, 3.05) is 47.3 Å². The fourth-order valence-electron chi connectivity index (χ4n) is 10.2. The van der Waals surface area contributed by atoms with E-state index in [1.54, 1.807) is 118 Å². The number of terminal acetylenes is 3. The maximum Gasteiger partial charge on any atom is 0.238 e. The Kier molecular flexibility index (Phi) is 18.9. The summed E-state index contributed by atoms with van der Waals surface area (Å²) in [5.74, 6) is 8.54. The first-order valence-electron chi connectivity index (χ1n) is 31.4. The molecule has 12 heterocycles. The van der Waals surface area contributed by atoms with Crippen LogP contribution in [0.25, 0.3) is 67.6 Å². The van der Waals surface area contributed by atoms with Crippen molar-refractivity contribution < 1.29 is 52.6 Å². The molecule has 0 aromatic carbocycles. The summed E-state index contributed by atoms with van der Waals surface area (Å²) in [6.45, 7) is 1.91. The van der Waals surface area contributed by atoms with Gasteiger partial charge in [0.1, 0.15) is 34.1 Å². The van der Waals surface area contributed by atoms with E-state index in [-0.39, 0.29) is 67.4 Å². The van der Waals surface area contributed by atoms with Gasteiger partial charge in [0.15, 0.2) is 22.6 Å². The van der Waals surface area contributed by atoms with Gasteiger partial charge in [-0.3, -0.25) is 18.9 Å². The fourth-order valence-corrected chi connectivity index (χ4v) is 15.7. The number of fused-ring (bicyclic) bond motifs is 4. The molecule has 0 atom stereocenters. The average molecular weight is 1470 g/mol. The summed E-state index contributed by atoms with van der Waals surface area (Å²) < 4.78 is 135. The Morgan fingerprint density at radius 2 is 0.660 bits per heavy atom. The minimum atomic E-state index is -3.45. The Balaban J connectivity index is 0.000000122. The molecule has 4 aliphatic rings. The molecule has 0 spiro atoms. The number of nitrogens with zero attached hydrogens (tertiary/aromatic N) is 17. The first-order valence-corrected chi connectivity index (χ1v) is 37.6. The Labute approximate surface area is 589 Å². The van der Waals surface area contributed by atoms with Gasteiger partial charge in [0, 0.05) is 47.0 Å². The van der Waals surface area contributed by atoms with Gasteiger partial charge in [-0.1, -0.05) is 0 Å². The molecule has 4 saturated carbocycles. The maximum absolute atomic E-state index is 12.3. The molecule has 4 aliphatic carbocycles. The van der Waals surface area contributed by atoms with E-state index in [1.807, 2.05) is 19.1 Å². The smallest absolute Gasteiger partial charge is 0.238 e. The summed E-state index contributed by atoms with van der Waals surface area (Å²) >= 11 is 0. The number of aryl methyl sites for hydroxylation is 1. The minimum Gasteiger partial charge on any atom is -0.480 e. The SMILES string of the molecule is C#Cc1cnc2ccc(-c3cnc(OC)c(NS(=O)(=O)C4CC4)c3)nn12.C#Cc1cnc2ccc(-c3cnc(OC)c(NS(=O)(=O)C4CC4)c3)nn12.C#Cc1nnc2ccc(-c3cnc(OC)c(NS(=O)(=O)C4CC4)c3)nn12.COc1ncc(-c2ccc3ncc(C)n3n2)cc1NS(=O)(=O)C1CC1. The molecule has 0 radical (unpaired) electrons. The normalized spacial score (nSPS) is 14.3. The number of imidazole rings is 3. The van der Waals surface area contributed by atoms with Crippen LogP contribution in [0.1, 0.15) is 74.3 Å². The van der Waals surface area contributed by atoms with Crippen LogP contribution in [0, 0.1) is 44.0 Å². The number of hydrogen-bond donors (Lipinski definition) is 4. The second-order valence-electron chi connectivity index (χ2n) is 23.6. The molecule has 526 valence electrons. The number of ether oxygens (including phenoxy) is 4. The molecule has 4 N–H and O–H groups in total. The van der Waals surface area contributed by atoms with E-state index in [0.717, 1.165) is 11.3 Å². The van der Waals surface area contributed by atoms with Crippen molar-refractivity contribution >= 4 is 85.4 Å². The lowest BCUT2D eigenvalue weighted by Gasteiger charge is -2.12. The molecule has 0 amide bonds. The lowest BCUT2D eigenvalue weighted by Crippen LogP contribution is -2.18. The monoisotopic (exact) mass is 1470 g/mol. The number of pyridine rings is 4. The highest BCUT2D eigenvalue weighted by molar-refractivity contribution is 7.94. The standard InChI is InChI=1S/2C17H15N5O3S.C16H14N6O3S.C16H17N5O3S/c2*1-3-12-10-18-16-7-6-14(20-22(12)16)11-8-15(17(25-2)19-9-11)21-26(23,24)13-4-5-13;1-3-14-18-19-15-7-6-12(20-22(14)15)10-8-13(16(25-2)17-9-10)21-26(23,24)11-4-5-11;1-10-8-17-15-6-5-13(19-21(10)15)11-7-14(16(24-2)18-9-11)20-25(22,23)12-3-4-12/h2*1,6-10,13,21H,4-5H2,2H3;1,6-9,11,21H,4-5H2,2H3;5-9,12,20H,3-4H2,1-2H3. The first kappa shape index (κ1) is 69.4. The second kappa shape index (κ2) is 28.1. The zero-order valence-electron chi connectivity index (χ0n) is 55.3. The molecule has 0 saturated heterocycles. The molecular weight excluding hydrogens is 1410 g/mol. The lowest BCUT2D eigenvalue weighted by molar-refractivity contribution is 0.400. The Hall–Kier alpha value is -12.1. The van der Waals surface area contributed by atoms with Crippen molar-refractivity contribution in [1.29, 1.82) is 0 Å². The molecule has 33 nitrogen and oxygen atoms in total. The predicted molar refractivity (Wildman–Crippen MR) is 380 cm³/mol. The molecule has 0 bridgehead atoms. The van der Waals surface area contributed by atoms with Gasteiger partial charge in [0.05, 0.1) is 96.5 Å². The maximum atomic E-state index is 12.3. The molecule has 12 aromatic heterocycles. The highest BCUT2D eigenvalue weighted by atomic mass is 32.2. The molecule has 103 heavy (non-hydrogen) atoms. The summed E-state index contributed by atoms with van der Waals surface area (Å²) in [5.41, 5.74) is 10.5. The van der Waals surface area contributed by atoms with E-state index in [2.05, 4.69) is 102 Å². The van der Waals surface area contributed by atoms with Crippen molar-refractivity contribution in [2.24, 2.45) is 0 Å². The van der Waals surface area contributed by atoms with Gasteiger partial charge in [-0.05, 0) is 149 Å². The third kappa shape index (κ3) is 15.2. The highest BCUT2D eigenvalue weighted by Crippen LogP contribution is 2.38. The minimum absolute atomic E-state index is 0.188. The van der Waals surface area contributed by atoms with E-state index in [1.165, 1.54) is 33.0 Å². The molecule has 0 unspecified atom stereocenters. The summed E-state index contributed by atoms with van der Waals surface area (Å²) in [6, 6.07) is 20.8. The number of sulfonamides is 4. The van der Waals surface area contributed by atoms with Crippen LogP contribution in [0.4, 0.5) is 22.7 Å². The number of hydrogen-bond acceptors (Lipinski definition) is 25. The van der Waals surface area contributed by atoms with Gasteiger partial charge in [-0.25, -0.2) is 82.1 Å². The van der Waals surface area contributed by atoms with Crippen LogP contribution in [0.2, 0.25) is 0 Å². The van der Waals surface area contributed by atoms with Crippen LogP contribution in [0.5, 0.6) is 23.5 Å². The van der Waals surface area contributed by atoms with Crippen LogP contribution in [0.15, 0.2) is 116 Å². The average Bonchev–Trinajstić information content (AvgIpc) is 1.76. The van der Waals surface area contributed by atoms with Crippen molar-refractivity contribution in [3.63, 3.8) is 0 Å². The van der Waals surface area contributed by atoms with Gasteiger partial charge in [0.2, 0.25) is 69.4 Å². The fraction of sp³-hybridized carbons (Fsp3) is 0.258. The number of nitrogens with one attached hydrogen (secondary N) is 4. The molecule has 16 rings (SSSR count). The largest absolute Gasteiger partial charge is 0.480 e. The summed E-state index contributed by atoms with van der Waals surface area (Å²) in [4.78, 5) is 29.4. The second-order valence-corrected chi connectivity index (χ2v) is 31.4. The van der Waals surface area contributed by atoms with Gasteiger partial charge in [0.25, 0.3) is 0 Å². The molecule has 4 fully saturated rings. The van der Waals surface area contributed by atoms with E-state index in [9.17, 15) is 33.7 Å². The number of anilines is 4. The Morgan fingerprint density at radius 3 is 0.961 bits per heavy atom. The molecule has 37 heteroatoms. The zero-order valence-corrected chi connectivity index (χ0v) is 58.6. The predicted octanol–water partition coefficient (Wildman–Crippen LogP) is 6.46. The van der Waals surface area contributed by atoms with Crippen LogP contribution in [-0.4, -0.2) is 167 Å². The van der Waals surface area contributed by atoms with Gasteiger partial charge in [-0.15, -0.1) is 29.5 Å². The molecular formula is C66H61N21O12S4. The third-order valence-corrected chi connectivity index (χ3v) is 23.6. The Bertz CT molecular complexity index is 5490. The molecule has 12 aromatic rings. The van der Waals surface area contributed by atoms with Crippen molar-refractivity contribution in [3.8, 4) is 106 Å². The first-order chi connectivity index (χ1) is 49.5. The van der Waals surface area contributed by atoms with Crippen LogP contribution < -0.4 is 37.8 Å². The summed E-state index contributed by atoms with van der Waals surface area (Å²) in [6.07, 6.45) is 32.8. The zero-order chi connectivity index (χ0) is 72.5. The topological polar surface area (TPSA) is 407 Å². The number of rotatable bonds is 20. The van der Waals surface area contributed by atoms with E-state index in [4.69, 9.17) is 38.2 Å². The van der Waals surface area contributed by atoms with Gasteiger partial charge >= 0.3 is 0 Å². The van der Waals surface area contributed by atoms with Crippen molar-refractivity contribution in [1.82, 2.24) is 83.5 Å². The highest BCUT2D eigenvalue weighted by Gasteiger charge is 2.39.